The molecule has 2 aromatic carbocycles. The van der Waals surface area contributed by atoms with E-state index in [0.717, 1.165) is 0 Å². The Morgan fingerprint density at radius 2 is 1.60 bits per heavy atom. The topological polar surface area (TPSA) is 106 Å². The number of ether oxygens (including phenoxy) is 3. The van der Waals surface area contributed by atoms with E-state index in [-0.39, 0.29) is 16.8 Å². The molecule has 8 heteroatoms. The highest BCUT2D eigenvalue weighted by atomic mass is 16.5. The number of carbonyl (C=O) groups is 2. The lowest BCUT2D eigenvalue weighted by Gasteiger charge is -2.13. The van der Waals surface area contributed by atoms with Crippen molar-refractivity contribution in [2.45, 2.75) is 0 Å². The second-order valence-corrected chi connectivity index (χ2v) is 4.88. The standard InChI is InChI=1S/C17H18N2O6/c1-23-11-5-6-12(15(9-11)25-3)17(21)18-13-8-10(16(20)19-22)4-7-14(13)24-2/h4-9,22H,1-3H3,(H,18,21)(H,19,20). The number of amides is 2. The highest BCUT2D eigenvalue weighted by Gasteiger charge is 2.17. The van der Waals surface area contributed by atoms with Gasteiger partial charge in [0.2, 0.25) is 0 Å². The predicted octanol–water partition coefficient (Wildman–Crippen LogP) is 2.08. The second kappa shape index (κ2) is 8.02. The Morgan fingerprint density at radius 3 is 2.20 bits per heavy atom. The Kier molecular flexibility index (Phi) is 5.80. The van der Waals surface area contributed by atoms with Crippen LogP contribution in [0.1, 0.15) is 20.7 Å². The van der Waals surface area contributed by atoms with Crippen molar-refractivity contribution < 1.29 is 29.0 Å². The first-order valence-corrected chi connectivity index (χ1v) is 7.20. The zero-order valence-electron chi connectivity index (χ0n) is 14.0. The van der Waals surface area contributed by atoms with Crippen LogP contribution in [-0.4, -0.2) is 38.4 Å². The van der Waals surface area contributed by atoms with E-state index in [2.05, 4.69) is 5.32 Å². The number of hydroxylamine groups is 1. The average molecular weight is 346 g/mol. The van der Waals surface area contributed by atoms with E-state index < -0.39 is 11.8 Å². The Morgan fingerprint density at radius 1 is 0.880 bits per heavy atom. The Balaban J connectivity index is 2.35. The monoisotopic (exact) mass is 346 g/mol. The molecule has 2 amide bonds. The minimum absolute atomic E-state index is 0.153. The van der Waals surface area contributed by atoms with Crippen molar-refractivity contribution in [3.8, 4) is 17.2 Å². The van der Waals surface area contributed by atoms with Gasteiger partial charge in [-0.15, -0.1) is 0 Å². The van der Waals surface area contributed by atoms with Crippen molar-refractivity contribution in [2.75, 3.05) is 26.6 Å². The molecule has 0 heterocycles. The molecule has 0 saturated heterocycles. The molecule has 0 unspecified atom stereocenters. The molecular formula is C17H18N2O6. The smallest absolute Gasteiger partial charge is 0.274 e. The van der Waals surface area contributed by atoms with E-state index in [1.165, 1.54) is 45.0 Å². The van der Waals surface area contributed by atoms with E-state index in [1.807, 2.05) is 0 Å². The molecule has 0 radical (unpaired) electrons. The maximum absolute atomic E-state index is 12.6. The van der Waals surface area contributed by atoms with Crippen LogP contribution in [0.3, 0.4) is 0 Å². The summed E-state index contributed by atoms with van der Waals surface area (Å²) in [5.74, 6) is 0.0718. The van der Waals surface area contributed by atoms with Crippen molar-refractivity contribution in [3.05, 3.63) is 47.5 Å². The summed E-state index contributed by atoms with van der Waals surface area (Å²) in [5, 5.41) is 11.4. The van der Waals surface area contributed by atoms with E-state index in [4.69, 9.17) is 19.4 Å². The minimum atomic E-state index is -0.708. The molecule has 3 N–H and O–H groups in total. The van der Waals surface area contributed by atoms with Gasteiger partial charge in [-0.1, -0.05) is 0 Å². The molecule has 0 aliphatic rings. The third-order valence-corrected chi connectivity index (χ3v) is 3.46. The number of hydrogen-bond donors (Lipinski definition) is 3. The maximum Gasteiger partial charge on any atom is 0.274 e. The Hall–Kier alpha value is -3.26. The van der Waals surface area contributed by atoms with E-state index in [0.29, 0.717) is 17.2 Å². The number of rotatable bonds is 6. The van der Waals surface area contributed by atoms with Crippen LogP contribution >= 0.6 is 0 Å². The number of benzene rings is 2. The molecule has 0 aliphatic carbocycles. The second-order valence-electron chi connectivity index (χ2n) is 4.88. The normalized spacial score (nSPS) is 9.92. The Labute approximate surface area is 144 Å². The van der Waals surface area contributed by atoms with Gasteiger partial charge in [-0.2, -0.15) is 0 Å². The van der Waals surface area contributed by atoms with Crippen molar-refractivity contribution >= 4 is 17.5 Å². The number of anilines is 1. The minimum Gasteiger partial charge on any atom is -0.497 e. The summed E-state index contributed by atoms with van der Waals surface area (Å²) in [6.07, 6.45) is 0. The molecule has 2 rings (SSSR count). The van der Waals surface area contributed by atoms with Gasteiger partial charge in [0.1, 0.15) is 17.2 Å². The largest absolute Gasteiger partial charge is 0.497 e. The molecule has 132 valence electrons. The molecule has 0 atom stereocenters. The van der Waals surface area contributed by atoms with Gasteiger partial charge in [-0.25, -0.2) is 5.48 Å². The number of hydrogen-bond acceptors (Lipinski definition) is 6. The van der Waals surface area contributed by atoms with Crippen LogP contribution in [0.15, 0.2) is 36.4 Å². The van der Waals surface area contributed by atoms with Gasteiger partial charge in [0.05, 0.1) is 32.6 Å². The third kappa shape index (κ3) is 3.99. The zero-order valence-corrected chi connectivity index (χ0v) is 14.0. The van der Waals surface area contributed by atoms with Crippen LogP contribution in [0.4, 0.5) is 5.69 Å². The summed E-state index contributed by atoms with van der Waals surface area (Å²) in [7, 11) is 4.39. The van der Waals surface area contributed by atoms with Crippen LogP contribution in [0.25, 0.3) is 0 Å². The highest BCUT2D eigenvalue weighted by molar-refractivity contribution is 6.07. The van der Waals surface area contributed by atoms with Gasteiger partial charge < -0.3 is 19.5 Å². The number of methoxy groups -OCH3 is 3. The van der Waals surface area contributed by atoms with Gasteiger partial charge in [0, 0.05) is 11.6 Å². The highest BCUT2D eigenvalue weighted by Crippen LogP contribution is 2.29. The maximum atomic E-state index is 12.6. The van der Waals surface area contributed by atoms with Gasteiger partial charge in [0.15, 0.2) is 0 Å². The van der Waals surface area contributed by atoms with Crippen LogP contribution < -0.4 is 25.0 Å². The molecular weight excluding hydrogens is 328 g/mol. The van der Waals surface area contributed by atoms with Crippen LogP contribution in [-0.2, 0) is 0 Å². The van der Waals surface area contributed by atoms with Gasteiger partial charge in [-0.3, -0.25) is 14.8 Å². The molecule has 0 aromatic heterocycles. The van der Waals surface area contributed by atoms with Crippen molar-refractivity contribution in [1.82, 2.24) is 5.48 Å². The molecule has 25 heavy (non-hydrogen) atoms. The lowest BCUT2D eigenvalue weighted by atomic mass is 10.1. The van der Waals surface area contributed by atoms with Crippen molar-refractivity contribution in [1.29, 1.82) is 0 Å². The van der Waals surface area contributed by atoms with Crippen molar-refractivity contribution in [2.24, 2.45) is 0 Å². The number of nitrogens with one attached hydrogen (secondary N) is 2. The lowest BCUT2D eigenvalue weighted by molar-refractivity contribution is 0.0706. The van der Waals surface area contributed by atoms with E-state index in [9.17, 15) is 9.59 Å². The summed E-state index contributed by atoms with van der Waals surface area (Å²) in [6.45, 7) is 0. The molecule has 8 nitrogen and oxygen atoms in total. The van der Waals surface area contributed by atoms with Gasteiger partial charge in [0.25, 0.3) is 11.8 Å². The summed E-state index contributed by atoms with van der Waals surface area (Å²) < 4.78 is 15.5. The van der Waals surface area contributed by atoms with Gasteiger partial charge >= 0.3 is 0 Å². The van der Waals surface area contributed by atoms with Gasteiger partial charge in [-0.05, 0) is 30.3 Å². The quantitative estimate of drug-likeness (QED) is 0.546. The van der Waals surface area contributed by atoms with E-state index in [1.54, 1.807) is 18.2 Å². The molecule has 0 fully saturated rings. The average Bonchev–Trinajstić information content (AvgIpc) is 2.66. The summed E-state index contributed by atoms with van der Waals surface area (Å²) >= 11 is 0. The Bertz CT molecular complexity index is 791. The molecule has 2 aromatic rings. The van der Waals surface area contributed by atoms with Crippen LogP contribution in [0.2, 0.25) is 0 Å². The molecule has 0 spiro atoms. The summed E-state index contributed by atoms with van der Waals surface area (Å²) in [5.41, 5.74) is 2.24. The predicted molar refractivity (Wildman–Crippen MR) is 89.7 cm³/mol. The fourth-order valence-corrected chi connectivity index (χ4v) is 2.19. The SMILES string of the molecule is COc1ccc(C(=O)Nc2cc(C(=O)NO)ccc2OC)c(OC)c1. The van der Waals surface area contributed by atoms with E-state index >= 15 is 0 Å². The zero-order chi connectivity index (χ0) is 18.4. The molecule has 0 saturated carbocycles. The van der Waals surface area contributed by atoms with Crippen molar-refractivity contribution in [3.63, 3.8) is 0 Å². The molecule has 0 aliphatic heterocycles. The first-order chi connectivity index (χ1) is 12.0. The summed E-state index contributed by atoms with van der Waals surface area (Å²) in [4.78, 5) is 24.1. The summed E-state index contributed by atoms with van der Waals surface area (Å²) in [6, 6.07) is 9.12. The fraction of sp³-hybridized carbons (Fsp3) is 0.176. The first-order valence-electron chi connectivity index (χ1n) is 7.20. The lowest BCUT2D eigenvalue weighted by Crippen LogP contribution is -2.19. The van der Waals surface area contributed by atoms with Crippen LogP contribution in [0, 0.1) is 0 Å². The molecule has 0 bridgehead atoms. The first kappa shape index (κ1) is 18.1. The number of carbonyl (C=O) groups excluding carboxylic acids is 2. The fourth-order valence-electron chi connectivity index (χ4n) is 2.19. The van der Waals surface area contributed by atoms with Crippen LogP contribution in [0.5, 0.6) is 17.2 Å². The third-order valence-electron chi connectivity index (χ3n) is 3.46.